The third-order valence-electron chi connectivity index (χ3n) is 4.01. The van der Waals surface area contributed by atoms with Crippen LogP contribution in [-0.4, -0.2) is 23.2 Å². The predicted octanol–water partition coefficient (Wildman–Crippen LogP) is 2.60. The first-order chi connectivity index (χ1) is 9.09. The first kappa shape index (κ1) is 14.1. The minimum absolute atomic E-state index is 0.0247. The van der Waals surface area contributed by atoms with Crippen molar-refractivity contribution in [1.82, 2.24) is 5.32 Å². The molecule has 1 atom stereocenters. The Morgan fingerprint density at radius 3 is 2.58 bits per heavy atom. The smallest absolute Gasteiger partial charge is 0.220 e. The highest BCUT2D eigenvalue weighted by Gasteiger charge is 2.31. The zero-order valence-corrected chi connectivity index (χ0v) is 11.6. The van der Waals surface area contributed by atoms with Crippen LogP contribution in [0.15, 0.2) is 30.3 Å². The first-order valence-electron chi connectivity index (χ1n) is 7.13. The Morgan fingerprint density at radius 1 is 1.32 bits per heavy atom. The van der Waals surface area contributed by atoms with Gasteiger partial charge in [0.15, 0.2) is 0 Å². The molecule has 0 heterocycles. The van der Waals surface area contributed by atoms with Crippen LogP contribution in [0.2, 0.25) is 0 Å². The summed E-state index contributed by atoms with van der Waals surface area (Å²) in [5.41, 5.74) is 0.517. The molecule has 1 fully saturated rings. The second-order valence-corrected chi connectivity index (χ2v) is 5.72. The monoisotopic (exact) mass is 261 g/mol. The van der Waals surface area contributed by atoms with Gasteiger partial charge in [0.1, 0.15) is 0 Å². The number of nitrogens with one attached hydrogen (secondary N) is 1. The van der Waals surface area contributed by atoms with Crippen LogP contribution in [0.5, 0.6) is 0 Å². The van der Waals surface area contributed by atoms with Gasteiger partial charge in [-0.25, -0.2) is 0 Å². The van der Waals surface area contributed by atoms with Crippen molar-refractivity contribution in [1.29, 1.82) is 0 Å². The number of rotatable bonds is 5. The predicted molar refractivity (Wildman–Crippen MR) is 75.9 cm³/mol. The lowest BCUT2D eigenvalue weighted by molar-refractivity contribution is -0.122. The quantitative estimate of drug-likeness (QED) is 0.856. The van der Waals surface area contributed by atoms with Crippen molar-refractivity contribution < 1.29 is 9.90 Å². The summed E-state index contributed by atoms with van der Waals surface area (Å²) in [4.78, 5) is 11.9. The molecule has 0 bridgehead atoms. The fourth-order valence-electron chi connectivity index (χ4n) is 2.72. The Morgan fingerprint density at radius 2 is 1.95 bits per heavy atom. The minimum atomic E-state index is -0.661. The average Bonchev–Trinajstić information content (AvgIpc) is 2.85. The third-order valence-corrected chi connectivity index (χ3v) is 4.01. The van der Waals surface area contributed by atoms with Crippen molar-refractivity contribution in [3.63, 3.8) is 0 Å². The molecule has 1 aromatic rings. The summed E-state index contributed by atoms with van der Waals surface area (Å²) >= 11 is 0. The Labute approximate surface area is 115 Å². The second kappa shape index (κ2) is 6.20. The van der Waals surface area contributed by atoms with Crippen LogP contribution in [0, 0.1) is 0 Å². The van der Waals surface area contributed by atoms with Crippen LogP contribution in [0.1, 0.15) is 50.5 Å². The molecule has 0 aliphatic heterocycles. The molecule has 1 aliphatic rings. The normalized spacial score (nSPS) is 19.1. The summed E-state index contributed by atoms with van der Waals surface area (Å²) < 4.78 is 0. The van der Waals surface area contributed by atoms with Crippen molar-refractivity contribution in [3.8, 4) is 0 Å². The molecule has 0 radical (unpaired) electrons. The van der Waals surface area contributed by atoms with E-state index in [1.807, 2.05) is 30.3 Å². The van der Waals surface area contributed by atoms with E-state index in [0.29, 0.717) is 13.0 Å². The van der Waals surface area contributed by atoms with Crippen molar-refractivity contribution in [3.05, 3.63) is 35.9 Å². The highest BCUT2D eigenvalue weighted by atomic mass is 16.3. The van der Waals surface area contributed by atoms with Gasteiger partial charge in [0.05, 0.1) is 5.60 Å². The fourth-order valence-corrected chi connectivity index (χ4v) is 2.72. The summed E-state index contributed by atoms with van der Waals surface area (Å²) in [7, 11) is 0. The Hall–Kier alpha value is -1.35. The van der Waals surface area contributed by atoms with E-state index in [0.717, 1.165) is 25.7 Å². The first-order valence-corrected chi connectivity index (χ1v) is 7.13. The molecule has 1 saturated carbocycles. The highest BCUT2D eigenvalue weighted by molar-refractivity contribution is 5.76. The molecule has 1 aromatic carbocycles. The molecule has 1 aliphatic carbocycles. The van der Waals surface area contributed by atoms with Gasteiger partial charge in [-0.05, 0) is 24.3 Å². The topological polar surface area (TPSA) is 49.3 Å². The Kier molecular flexibility index (Phi) is 4.59. The molecule has 0 saturated heterocycles. The van der Waals surface area contributed by atoms with Crippen molar-refractivity contribution in [2.45, 2.75) is 50.5 Å². The lowest BCUT2D eigenvalue weighted by Crippen LogP contribution is -2.41. The molecular weight excluding hydrogens is 238 g/mol. The standard InChI is InChI=1S/C16H23NO2/c1-13(14-7-3-2-4-8-14)11-15(18)17-12-16(19)9-5-6-10-16/h2-4,7-8,13,19H,5-6,9-12H2,1H3,(H,17,18). The summed E-state index contributed by atoms with van der Waals surface area (Å²) in [5.74, 6) is 0.232. The average molecular weight is 261 g/mol. The largest absolute Gasteiger partial charge is 0.388 e. The number of carbonyl (C=O) groups excluding carboxylic acids is 1. The van der Waals surface area contributed by atoms with E-state index in [9.17, 15) is 9.90 Å². The molecule has 2 N–H and O–H groups in total. The minimum Gasteiger partial charge on any atom is -0.388 e. The summed E-state index contributed by atoms with van der Waals surface area (Å²) in [5, 5.41) is 13.1. The van der Waals surface area contributed by atoms with E-state index in [4.69, 9.17) is 0 Å². The Balaban J connectivity index is 1.78. The molecular formula is C16H23NO2. The summed E-state index contributed by atoms with van der Waals surface area (Å²) in [6.07, 6.45) is 4.21. The van der Waals surface area contributed by atoms with Crippen LogP contribution >= 0.6 is 0 Å². The zero-order valence-electron chi connectivity index (χ0n) is 11.6. The molecule has 1 amide bonds. The molecule has 3 heteroatoms. The van der Waals surface area contributed by atoms with Crippen molar-refractivity contribution >= 4 is 5.91 Å². The number of hydrogen-bond donors (Lipinski definition) is 2. The molecule has 0 aromatic heterocycles. The van der Waals surface area contributed by atoms with Gasteiger partial charge >= 0.3 is 0 Å². The zero-order chi connectivity index (χ0) is 13.7. The van der Waals surface area contributed by atoms with Crippen LogP contribution in [0.3, 0.4) is 0 Å². The van der Waals surface area contributed by atoms with Gasteiger partial charge in [-0.1, -0.05) is 50.1 Å². The maximum Gasteiger partial charge on any atom is 0.220 e. The molecule has 3 nitrogen and oxygen atoms in total. The van der Waals surface area contributed by atoms with Gasteiger partial charge in [-0.2, -0.15) is 0 Å². The molecule has 0 spiro atoms. The lowest BCUT2D eigenvalue weighted by atomic mass is 9.97. The third kappa shape index (κ3) is 4.06. The van der Waals surface area contributed by atoms with Gasteiger partial charge in [-0.15, -0.1) is 0 Å². The van der Waals surface area contributed by atoms with Gasteiger partial charge in [-0.3, -0.25) is 4.79 Å². The number of benzene rings is 1. The van der Waals surface area contributed by atoms with Crippen LogP contribution < -0.4 is 5.32 Å². The summed E-state index contributed by atoms with van der Waals surface area (Å²) in [6.45, 7) is 2.45. The van der Waals surface area contributed by atoms with E-state index in [-0.39, 0.29) is 11.8 Å². The van der Waals surface area contributed by atoms with Crippen molar-refractivity contribution in [2.75, 3.05) is 6.54 Å². The van der Waals surface area contributed by atoms with Gasteiger partial charge in [0.25, 0.3) is 0 Å². The van der Waals surface area contributed by atoms with E-state index in [1.54, 1.807) is 0 Å². The molecule has 2 rings (SSSR count). The SMILES string of the molecule is CC(CC(=O)NCC1(O)CCCC1)c1ccccc1. The molecule has 104 valence electrons. The summed E-state index contributed by atoms with van der Waals surface area (Å²) in [6, 6.07) is 10.0. The van der Waals surface area contributed by atoms with Crippen molar-refractivity contribution in [2.24, 2.45) is 0 Å². The van der Waals surface area contributed by atoms with E-state index < -0.39 is 5.60 Å². The highest BCUT2D eigenvalue weighted by Crippen LogP contribution is 2.28. The van der Waals surface area contributed by atoms with Gasteiger partial charge < -0.3 is 10.4 Å². The second-order valence-electron chi connectivity index (χ2n) is 5.72. The van der Waals surface area contributed by atoms with E-state index >= 15 is 0 Å². The number of hydrogen-bond acceptors (Lipinski definition) is 2. The Bertz CT molecular complexity index is 410. The van der Waals surface area contributed by atoms with Crippen LogP contribution in [-0.2, 0) is 4.79 Å². The van der Waals surface area contributed by atoms with Gasteiger partial charge in [0.2, 0.25) is 5.91 Å². The van der Waals surface area contributed by atoms with Gasteiger partial charge in [0, 0.05) is 13.0 Å². The van der Waals surface area contributed by atoms with E-state index in [2.05, 4.69) is 12.2 Å². The molecule has 1 unspecified atom stereocenters. The number of carbonyl (C=O) groups is 1. The fraction of sp³-hybridized carbons (Fsp3) is 0.562. The number of aliphatic hydroxyl groups is 1. The maximum absolute atomic E-state index is 11.9. The lowest BCUT2D eigenvalue weighted by Gasteiger charge is -2.22. The number of amides is 1. The van der Waals surface area contributed by atoms with E-state index in [1.165, 1.54) is 5.56 Å². The maximum atomic E-state index is 11.9. The van der Waals surface area contributed by atoms with Crippen LogP contribution in [0.4, 0.5) is 0 Å². The molecule has 19 heavy (non-hydrogen) atoms. The van der Waals surface area contributed by atoms with Crippen LogP contribution in [0.25, 0.3) is 0 Å².